The van der Waals surface area contributed by atoms with Crippen molar-refractivity contribution in [2.75, 3.05) is 38.6 Å². The molecule has 6 nitrogen and oxygen atoms in total. The first-order valence-electron chi connectivity index (χ1n) is 7.30. The Labute approximate surface area is 139 Å². The van der Waals surface area contributed by atoms with Gasteiger partial charge in [0.2, 0.25) is 5.91 Å². The van der Waals surface area contributed by atoms with Gasteiger partial charge in [-0.25, -0.2) is 0 Å². The number of rotatable bonds is 4. The van der Waals surface area contributed by atoms with Crippen molar-refractivity contribution in [3.05, 3.63) is 28.7 Å². The zero-order valence-corrected chi connectivity index (χ0v) is 14.5. The number of anilines is 1. The van der Waals surface area contributed by atoms with Crippen LogP contribution < -0.4 is 20.9 Å². The van der Waals surface area contributed by atoms with Crippen LogP contribution >= 0.6 is 15.9 Å². The van der Waals surface area contributed by atoms with Gasteiger partial charge in [0.15, 0.2) is 5.96 Å². The molecule has 1 aliphatic heterocycles. The number of guanidine groups is 1. The summed E-state index contributed by atoms with van der Waals surface area (Å²) in [6.07, 6.45) is 1.04. The Balaban J connectivity index is 1.84. The Morgan fingerprint density at radius 2 is 2.14 bits per heavy atom. The second-order valence-corrected chi connectivity index (χ2v) is 6.07. The molecule has 1 aromatic rings. The van der Waals surface area contributed by atoms with Crippen molar-refractivity contribution in [2.45, 2.75) is 12.5 Å². The number of likely N-dealkylation sites (N-methyl/N-ethyl adjacent to an activating group) is 1. The highest BCUT2D eigenvalue weighted by Gasteiger charge is 2.23. The van der Waals surface area contributed by atoms with Gasteiger partial charge in [0.05, 0.1) is 6.54 Å². The average molecular weight is 368 g/mol. The highest BCUT2D eigenvalue weighted by Crippen LogP contribution is 2.22. The van der Waals surface area contributed by atoms with Crippen LogP contribution in [-0.2, 0) is 4.79 Å². The second-order valence-electron chi connectivity index (χ2n) is 5.15. The van der Waals surface area contributed by atoms with Gasteiger partial charge in [0.25, 0.3) is 0 Å². The maximum atomic E-state index is 11.3. The lowest BCUT2D eigenvalue weighted by Crippen LogP contribution is -2.47. The zero-order valence-electron chi connectivity index (χ0n) is 12.9. The third-order valence-corrected chi connectivity index (χ3v) is 4.17. The van der Waals surface area contributed by atoms with Crippen LogP contribution in [0, 0.1) is 0 Å². The molecule has 1 amide bonds. The van der Waals surface area contributed by atoms with E-state index < -0.39 is 0 Å². The Kier molecular flexibility index (Phi) is 6.06. The number of hydrogen-bond acceptors (Lipinski definition) is 3. The highest BCUT2D eigenvalue weighted by molar-refractivity contribution is 9.10. The molecule has 22 heavy (non-hydrogen) atoms. The van der Waals surface area contributed by atoms with Gasteiger partial charge in [-0.1, -0.05) is 15.9 Å². The number of benzene rings is 1. The number of aliphatic imine (C=N–C) groups is 1. The minimum absolute atomic E-state index is 0.0640. The van der Waals surface area contributed by atoms with Crippen LogP contribution in [0.5, 0.6) is 0 Å². The van der Waals surface area contributed by atoms with Gasteiger partial charge in [-0.15, -0.1) is 0 Å². The number of carbonyl (C=O) groups is 1. The van der Waals surface area contributed by atoms with Crippen molar-refractivity contribution in [1.82, 2.24) is 16.0 Å². The van der Waals surface area contributed by atoms with Crippen LogP contribution in [0.3, 0.4) is 0 Å². The minimum atomic E-state index is -0.0640. The summed E-state index contributed by atoms with van der Waals surface area (Å²) in [5.74, 6) is 0.595. The number of nitrogens with one attached hydrogen (secondary N) is 3. The topological polar surface area (TPSA) is 68.8 Å². The molecule has 1 atom stereocenters. The van der Waals surface area contributed by atoms with Crippen LogP contribution in [0.2, 0.25) is 0 Å². The van der Waals surface area contributed by atoms with Crippen LogP contribution in [0.1, 0.15) is 6.42 Å². The zero-order chi connectivity index (χ0) is 15.9. The Morgan fingerprint density at radius 3 is 2.77 bits per heavy atom. The second kappa shape index (κ2) is 8.03. The lowest BCUT2D eigenvalue weighted by Gasteiger charge is -2.20. The van der Waals surface area contributed by atoms with E-state index in [4.69, 9.17) is 0 Å². The van der Waals surface area contributed by atoms with Crippen molar-refractivity contribution < 1.29 is 4.79 Å². The fourth-order valence-corrected chi connectivity index (χ4v) is 2.67. The fourth-order valence-electron chi connectivity index (χ4n) is 2.40. The molecule has 1 heterocycles. The van der Waals surface area contributed by atoms with E-state index in [2.05, 4.69) is 66.0 Å². The van der Waals surface area contributed by atoms with Crippen LogP contribution in [0.4, 0.5) is 5.69 Å². The normalized spacial score (nSPS) is 18.2. The molecule has 3 N–H and O–H groups in total. The predicted molar refractivity (Wildman–Crippen MR) is 93.3 cm³/mol. The van der Waals surface area contributed by atoms with E-state index in [0.29, 0.717) is 12.0 Å². The van der Waals surface area contributed by atoms with Gasteiger partial charge in [-0.3, -0.25) is 9.79 Å². The lowest BCUT2D eigenvalue weighted by atomic mass is 10.3. The lowest BCUT2D eigenvalue weighted by molar-refractivity contribution is -0.119. The molecule has 1 saturated heterocycles. The predicted octanol–water partition coefficient (Wildman–Crippen LogP) is 0.939. The van der Waals surface area contributed by atoms with Gasteiger partial charge >= 0.3 is 0 Å². The van der Waals surface area contributed by atoms with E-state index in [1.165, 1.54) is 5.69 Å². The van der Waals surface area contributed by atoms with Gasteiger partial charge in [0, 0.05) is 43.4 Å². The molecule has 1 aromatic carbocycles. The van der Waals surface area contributed by atoms with Gasteiger partial charge in [0.1, 0.15) is 0 Å². The maximum absolute atomic E-state index is 11.3. The summed E-state index contributed by atoms with van der Waals surface area (Å²) in [5, 5.41) is 8.95. The van der Waals surface area contributed by atoms with Crippen molar-refractivity contribution in [2.24, 2.45) is 4.99 Å². The summed E-state index contributed by atoms with van der Waals surface area (Å²) in [5.41, 5.74) is 1.22. The third-order valence-electron chi connectivity index (χ3n) is 3.64. The van der Waals surface area contributed by atoms with Crippen molar-refractivity contribution >= 4 is 33.5 Å². The Bertz CT molecular complexity index is 531. The molecule has 0 bridgehead atoms. The monoisotopic (exact) mass is 367 g/mol. The van der Waals surface area contributed by atoms with Crippen LogP contribution in [0.15, 0.2) is 33.7 Å². The average Bonchev–Trinajstić information content (AvgIpc) is 3.00. The first kappa shape index (κ1) is 16.6. The molecule has 1 fully saturated rings. The van der Waals surface area contributed by atoms with Gasteiger partial charge in [-0.05, 0) is 30.7 Å². The molecule has 2 rings (SSSR count). The first-order chi connectivity index (χ1) is 10.6. The SMILES string of the molecule is CN=C(NCC(=O)NC)NC1CCN(c2ccc(Br)cc2)C1. The first-order valence-corrected chi connectivity index (χ1v) is 8.10. The summed E-state index contributed by atoms with van der Waals surface area (Å²) in [4.78, 5) is 17.8. The van der Waals surface area contributed by atoms with Crippen molar-refractivity contribution in [1.29, 1.82) is 0 Å². The van der Waals surface area contributed by atoms with E-state index in [1.807, 2.05) is 0 Å². The summed E-state index contributed by atoms with van der Waals surface area (Å²) >= 11 is 3.46. The van der Waals surface area contributed by atoms with Crippen molar-refractivity contribution in [3.63, 3.8) is 0 Å². The molecule has 1 aliphatic rings. The standard InChI is InChI=1S/C15H22BrN5O/c1-17-14(22)9-19-15(18-2)20-12-7-8-21(10-12)13-5-3-11(16)4-6-13/h3-6,12H,7-10H2,1-2H3,(H,17,22)(H2,18,19,20). The number of hydrogen-bond donors (Lipinski definition) is 3. The van der Waals surface area contributed by atoms with Gasteiger partial charge < -0.3 is 20.9 Å². The fraction of sp³-hybridized carbons (Fsp3) is 0.467. The van der Waals surface area contributed by atoms with Crippen LogP contribution in [0.25, 0.3) is 0 Å². The molecule has 0 radical (unpaired) electrons. The number of amides is 1. The van der Waals surface area contributed by atoms with E-state index in [-0.39, 0.29) is 12.5 Å². The van der Waals surface area contributed by atoms with Crippen LogP contribution in [-0.4, -0.2) is 51.6 Å². The molecule has 1 unspecified atom stereocenters. The molecular formula is C15H22BrN5O. The van der Waals surface area contributed by atoms with Crippen molar-refractivity contribution in [3.8, 4) is 0 Å². The maximum Gasteiger partial charge on any atom is 0.239 e. The summed E-state index contributed by atoms with van der Waals surface area (Å²) in [7, 11) is 3.33. The van der Waals surface area contributed by atoms with Gasteiger partial charge in [-0.2, -0.15) is 0 Å². The smallest absolute Gasteiger partial charge is 0.239 e. The summed E-state index contributed by atoms with van der Waals surface area (Å²) in [6.45, 7) is 2.15. The largest absolute Gasteiger partial charge is 0.369 e. The van der Waals surface area contributed by atoms with E-state index in [0.717, 1.165) is 24.0 Å². The van der Waals surface area contributed by atoms with E-state index in [1.54, 1.807) is 14.1 Å². The summed E-state index contributed by atoms with van der Waals surface area (Å²) in [6, 6.07) is 8.66. The molecule has 0 aliphatic carbocycles. The third kappa shape index (κ3) is 4.62. The Morgan fingerprint density at radius 1 is 1.41 bits per heavy atom. The number of halogens is 1. The molecule has 7 heteroatoms. The Hall–Kier alpha value is -1.76. The number of nitrogens with zero attached hydrogens (tertiary/aromatic N) is 2. The molecule has 0 spiro atoms. The van der Waals surface area contributed by atoms with E-state index >= 15 is 0 Å². The molecule has 120 valence electrons. The molecular weight excluding hydrogens is 346 g/mol. The number of carbonyl (C=O) groups excluding carboxylic acids is 1. The highest BCUT2D eigenvalue weighted by atomic mass is 79.9. The molecule has 0 saturated carbocycles. The molecule has 0 aromatic heterocycles. The minimum Gasteiger partial charge on any atom is -0.369 e. The summed E-state index contributed by atoms with van der Waals surface area (Å²) < 4.78 is 1.09. The van der Waals surface area contributed by atoms with E-state index in [9.17, 15) is 4.79 Å². The quantitative estimate of drug-likeness (QED) is 0.547.